The van der Waals surface area contributed by atoms with Gasteiger partial charge in [-0.3, -0.25) is 9.59 Å². The summed E-state index contributed by atoms with van der Waals surface area (Å²) < 4.78 is 0. The zero-order valence-corrected chi connectivity index (χ0v) is 15.2. The van der Waals surface area contributed by atoms with Gasteiger partial charge in [-0.1, -0.05) is 42.5 Å². The van der Waals surface area contributed by atoms with Gasteiger partial charge in [0.1, 0.15) is 0 Å². The van der Waals surface area contributed by atoms with E-state index in [1.54, 1.807) is 6.92 Å². The van der Waals surface area contributed by atoms with E-state index in [9.17, 15) is 9.59 Å². The highest BCUT2D eigenvalue weighted by Gasteiger charge is 2.08. The lowest BCUT2D eigenvalue weighted by Crippen LogP contribution is -2.22. The summed E-state index contributed by atoms with van der Waals surface area (Å²) in [6.45, 7) is 1.72. The van der Waals surface area contributed by atoms with E-state index in [0.717, 1.165) is 21.3 Å². The number of fused-ring (bicyclic) bond motifs is 1. The third kappa shape index (κ3) is 4.77. The monoisotopic (exact) mass is 365 g/mol. The highest BCUT2D eigenvalue weighted by atomic mass is 32.1. The summed E-state index contributed by atoms with van der Waals surface area (Å²) in [5, 5.41) is 10.9. The minimum Gasteiger partial charge on any atom is -0.325 e. The molecule has 0 aliphatic rings. The van der Waals surface area contributed by atoms with Gasteiger partial charge in [-0.15, -0.1) is 11.3 Å². The number of nitrogens with one attached hydrogen (secondary N) is 2. The van der Waals surface area contributed by atoms with Gasteiger partial charge in [-0.2, -0.15) is 5.10 Å². The first-order chi connectivity index (χ1) is 12.6. The maximum atomic E-state index is 12.3. The van der Waals surface area contributed by atoms with Crippen molar-refractivity contribution in [1.29, 1.82) is 0 Å². The number of hydrogen-bond acceptors (Lipinski definition) is 4. The normalized spacial score (nSPS) is 11.3. The summed E-state index contributed by atoms with van der Waals surface area (Å²) in [6, 6.07) is 17.5. The number of hydrazone groups is 1. The lowest BCUT2D eigenvalue weighted by Gasteiger charge is -2.08. The summed E-state index contributed by atoms with van der Waals surface area (Å²) in [4.78, 5) is 25.1. The number of anilines is 1. The second-order valence-corrected chi connectivity index (χ2v) is 6.92. The average Bonchev–Trinajstić information content (AvgIpc) is 3.13. The lowest BCUT2D eigenvalue weighted by atomic mass is 10.1. The van der Waals surface area contributed by atoms with Crippen LogP contribution in [-0.4, -0.2) is 17.5 Å². The molecule has 1 aromatic heterocycles. The van der Waals surface area contributed by atoms with Crippen LogP contribution in [0.3, 0.4) is 0 Å². The van der Waals surface area contributed by atoms with E-state index in [-0.39, 0.29) is 24.7 Å². The van der Waals surface area contributed by atoms with Crippen molar-refractivity contribution in [2.45, 2.75) is 19.8 Å². The molecular weight excluding hydrogens is 346 g/mol. The molecule has 0 unspecified atom stereocenters. The van der Waals surface area contributed by atoms with E-state index in [4.69, 9.17) is 0 Å². The Morgan fingerprint density at radius 2 is 1.81 bits per heavy atom. The highest BCUT2D eigenvalue weighted by molar-refractivity contribution is 7.10. The second-order valence-electron chi connectivity index (χ2n) is 5.89. The van der Waals surface area contributed by atoms with Gasteiger partial charge in [-0.05, 0) is 29.8 Å². The largest absolute Gasteiger partial charge is 0.325 e. The molecule has 2 N–H and O–H groups in total. The fourth-order valence-corrected chi connectivity index (χ4v) is 3.27. The first-order valence-corrected chi connectivity index (χ1v) is 9.12. The number of nitrogens with zero attached hydrogens (tertiary/aromatic N) is 1. The average molecular weight is 365 g/mol. The van der Waals surface area contributed by atoms with E-state index in [0.29, 0.717) is 5.71 Å². The molecule has 0 radical (unpaired) electrons. The number of benzene rings is 2. The van der Waals surface area contributed by atoms with Crippen LogP contribution in [0.4, 0.5) is 5.69 Å². The maximum Gasteiger partial charge on any atom is 0.245 e. The molecule has 1 heterocycles. The van der Waals surface area contributed by atoms with E-state index >= 15 is 0 Å². The van der Waals surface area contributed by atoms with Crippen molar-refractivity contribution < 1.29 is 9.59 Å². The van der Waals surface area contributed by atoms with Crippen LogP contribution >= 0.6 is 11.3 Å². The molecular formula is C20H19N3O2S. The molecule has 0 saturated heterocycles. The molecule has 0 aliphatic carbocycles. The SMILES string of the molecule is C/C(CC(=O)Nc1cccc2ccccc12)=N/NC(=O)Cc1cccs1. The Hall–Kier alpha value is -2.99. The summed E-state index contributed by atoms with van der Waals surface area (Å²) >= 11 is 1.52. The standard InChI is InChI=1S/C20H19N3O2S/c1-14(22-23-20(25)13-16-8-5-11-26-16)12-19(24)21-18-10-4-7-15-6-2-3-9-17(15)18/h2-11H,12-13H2,1H3,(H,21,24)(H,23,25)/b22-14-. The van der Waals surface area contributed by atoms with Crippen LogP contribution in [0.1, 0.15) is 18.2 Å². The third-order valence-electron chi connectivity index (χ3n) is 3.77. The Morgan fingerprint density at radius 1 is 1.00 bits per heavy atom. The fourth-order valence-electron chi connectivity index (χ4n) is 2.57. The molecule has 26 heavy (non-hydrogen) atoms. The van der Waals surface area contributed by atoms with Crippen LogP contribution in [0.25, 0.3) is 10.8 Å². The first-order valence-electron chi connectivity index (χ1n) is 8.24. The van der Waals surface area contributed by atoms with Crippen molar-refractivity contribution >= 4 is 45.3 Å². The number of rotatable bonds is 6. The Labute approximate surface area is 155 Å². The van der Waals surface area contributed by atoms with Gasteiger partial charge in [0.15, 0.2) is 0 Å². The van der Waals surface area contributed by atoms with Crippen molar-refractivity contribution in [1.82, 2.24) is 5.43 Å². The minimum atomic E-state index is -0.193. The van der Waals surface area contributed by atoms with Crippen LogP contribution in [0, 0.1) is 0 Å². The zero-order valence-electron chi connectivity index (χ0n) is 14.4. The molecule has 6 heteroatoms. The van der Waals surface area contributed by atoms with Crippen molar-refractivity contribution in [3.8, 4) is 0 Å². The Balaban J connectivity index is 1.56. The van der Waals surface area contributed by atoms with Crippen LogP contribution in [-0.2, 0) is 16.0 Å². The maximum absolute atomic E-state index is 12.3. The topological polar surface area (TPSA) is 70.6 Å². The highest BCUT2D eigenvalue weighted by Crippen LogP contribution is 2.23. The summed E-state index contributed by atoms with van der Waals surface area (Å²) in [7, 11) is 0. The van der Waals surface area contributed by atoms with Gasteiger partial charge in [0.05, 0.1) is 12.8 Å². The lowest BCUT2D eigenvalue weighted by molar-refractivity contribution is -0.120. The molecule has 0 fully saturated rings. The summed E-state index contributed by atoms with van der Waals surface area (Å²) in [5.41, 5.74) is 3.81. The molecule has 0 bridgehead atoms. The number of thiophene rings is 1. The van der Waals surface area contributed by atoms with Gasteiger partial charge in [0.2, 0.25) is 11.8 Å². The first kappa shape index (κ1) is 17.8. The number of carbonyl (C=O) groups is 2. The van der Waals surface area contributed by atoms with Crippen molar-refractivity contribution in [3.05, 3.63) is 64.9 Å². The Kier molecular flexibility index (Phi) is 5.76. The molecule has 0 spiro atoms. The van der Waals surface area contributed by atoms with Gasteiger partial charge in [-0.25, -0.2) is 5.43 Å². The van der Waals surface area contributed by atoms with Crippen molar-refractivity contribution in [2.24, 2.45) is 5.10 Å². The molecule has 3 aromatic rings. The summed E-state index contributed by atoms with van der Waals surface area (Å²) in [5.74, 6) is -0.364. The van der Waals surface area contributed by atoms with Gasteiger partial charge in [0, 0.05) is 21.7 Å². The molecule has 0 atom stereocenters. The molecule has 5 nitrogen and oxygen atoms in total. The minimum absolute atomic E-state index is 0.114. The predicted molar refractivity (Wildman–Crippen MR) is 106 cm³/mol. The van der Waals surface area contributed by atoms with Crippen LogP contribution in [0.15, 0.2) is 65.1 Å². The van der Waals surface area contributed by atoms with E-state index < -0.39 is 0 Å². The van der Waals surface area contributed by atoms with E-state index in [1.807, 2.05) is 60.0 Å². The van der Waals surface area contributed by atoms with Crippen molar-refractivity contribution in [3.63, 3.8) is 0 Å². The molecule has 3 rings (SSSR count). The van der Waals surface area contributed by atoms with Crippen LogP contribution in [0.5, 0.6) is 0 Å². The summed E-state index contributed by atoms with van der Waals surface area (Å²) in [6.07, 6.45) is 0.402. The van der Waals surface area contributed by atoms with Crippen LogP contribution in [0.2, 0.25) is 0 Å². The predicted octanol–water partition coefficient (Wildman–Crippen LogP) is 3.96. The van der Waals surface area contributed by atoms with E-state index in [2.05, 4.69) is 15.8 Å². The smallest absolute Gasteiger partial charge is 0.245 e. The van der Waals surface area contributed by atoms with Gasteiger partial charge < -0.3 is 5.32 Å². The van der Waals surface area contributed by atoms with Gasteiger partial charge in [0.25, 0.3) is 0 Å². The Morgan fingerprint density at radius 3 is 2.62 bits per heavy atom. The Bertz CT molecular complexity index is 943. The molecule has 0 aliphatic heterocycles. The molecule has 0 saturated carbocycles. The number of hydrogen-bond donors (Lipinski definition) is 2. The zero-order chi connectivity index (χ0) is 18.4. The van der Waals surface area contributed by atoms with E-state index in [1.165, 1.54) is 11.3 Å². The van der Waals surface area contributed by atoms with Crippen LogP contribution < -0.4 is 10.7 Å². The number of amides is 2. The third-order valence-corrected chi connectivity index (χ3v) is 4.64. The van der Waals surface area contributed by atoms with Gasteiger partial charge >= 0.3 is 0 Å². The fraction of sp³-hybridized carbons (Fsp3) is 0.150. The molecule has 2 aromatic carbocycles. The van der Waals surface area contributed by atoms with Crippen molar-refractivity contribution in [2.75, 3.05) is 5.32 Å². The molecule has 2 amide bonds. The second kappa shape index (κ2) is 8.40. The molecule has 132 valence electrons. The quantitative estimate of drug-likeness (QED) is 0.513. The number of carbonyl (C=O) groups excluding carboxylic acids is 2.